The number of ether oxygens (including phenoxy) is 1. The van der Waals surface area contributed by atoms with E-state index < -0.39 is 0 Å². The third-order valence-electron chi connectivity index (χ3n) is 2.13. The van der Waals surface area contributed by atoms with Crippen LogP contribution < -0.4 is 5.32 Å². The highest BCUT2D eigenvalue weighted by Crippen LogP contribution is 1.96. The summed E-state index contributed by atoms with van der Waals surface area (Å²) in [6.07, 6.45) is 0.369. The summed E-state index contributed by atoms with van der Waals surface area (Å²) in [7, 11) is 1.77. The standard InChI is InChI=1S/C8H18N2O.H2/c1-8(11-2)7-10-5-3-9-4-6-10;/h8-9H,3-7H2,1-2H3;1H. The van der Waals surface area contributed by atoms with Gasteiger partial charge in [0.1, 0.15) is 0 Å². The van der Waals surface area contributed by atoms with Crippen molar-refractivity contribution >= 4 is 0 Å². The molecule has 1 N–H and O–H groups in total. The Balaban J connectivity index is 0.00000121. The fourth-order valence-electron chi connectivity index (χ4n) is 1.33. The Kier molecular flexibility index (Phi) is 3.83. The Hall–Kier alpha value is -0.120. The van der Waals surface area contributed by atoms with Crippen LogP contribution in [0, 0.1) is 0 Å². The number of rotatable bonds is 3. The van der Waals surface area contributed by atoms with Crippen LogP contribution in [0.2, 0.25) is 0 Å². The maximum Gasteiger partial charge on any atom is 0.0670 e. The number of nitrogens with one attached hydrogen (secondary N) is 1. The fraction of sp³-hybridized carbons (Fsp3) is 1.00. The molecule has 3 nitrogen and oxygen atoms in total. The predicted octanol–water partition coefficient (Wildman–Crippen LogP) is 0.173. The molecule has 0 aromatic carbocycles. The van der Waals surface area contributed by atoms with Gasteiger partial charge in [-0.2, -0.15) is 0 Å². The predicted molar refractivity (Wildman–Crippen MR) is 47.9 cm³/mol. The van der Waals surface area contributed by atoms with Crippen molar-refractivity contribution in [3.8, 4) is 0 Å². The van der Waals surface area contributed by atoms with E-state index in [9.17, 15) is 0 Å². The van der Waals surface area contributed by atoms with Gasteiger partial charge in [-0.1, -0.05) is 0 Å². The summed E-state index contributed by atoms with van der Waals surface area (Å²) < 4.78 is 5.19. The van der Waals surface area contributed by atoms with Gasteiger partial charge in [0.2, 0.25) is 0 Å². The first kappa shape index (κ1) is 8.97. The van der Waals surface area contributed by atoms with Gasteiger partial charge in [0.25, 0.3) is 0 Å². The number of piperazine rings is 1. The summed E-state index contributed by atoms with van der Waals surface area (Å²) in [6.45, 7) is 7.74. The van der Waals surface area contributed by atoms with E-state index in [-0.39, 0.29) is 1.43 Å². The third kappa shape index (κ3) is 3.18. The maximum atomic E-state index is 5.19. The lowest BCUT2D eigenvalue weighted by molar-refractivity contribution is 0.0726. The zero-order valence-electron chi connectivity index (χ0n) is 7.47. The summed E-state index contributed by atoms with van der Waals surface area (Å²) in [6, 6.07) is 0. The number of hydrogen-bond donors (Lipinski definition) is 1. The van der Waals surface area contributed by atoms with E-state index in [1.807, 2.05) is 0 Å². The van der Waals surface area contributed by atoms with E-state index >= 15 is 0 Å². The third-order valence-corrected chi connectivity index (χ3v) is 2.13. The van der Waals surface area contributed by atoms with E-state index in [4.69, 9.17) is 4.74 Å². The van der Waals surface area contributed by atoms with Gasteiger partial charge in [0.05, 0.1) is 6.10 Å². The van der Waals surface area contributed by atoms with Gasteiger partial charge >= 0.3 is 0 Å². The Morgan fingerprint density at radius 2 is 2.18 bits per heavy atom. The molecular formula is C8H20N2O. The molecule has 0 amide bonds. The smallest absolute Gasteiger partial charge is 0.0670 e. The van der Waals surface area contributed by atoms with Gasteiger partial charge in [0, 0.05) is 41.3 Å². The lowest BCUT2D eigenvalue weighted by atomic mass is 10.3. The van der Waals surface area contributed by atoms with E-state index in [0.717, 1.165) is 32.7 Å². The molecular weight excluding hydrogens is 140 g/mol. The lowest BCUT2D eigenvalue weighted by Crippen LogP contribution is -2.46. The summed E-state index contributed by atoms with van der Waals surface area (Å²) in [4.78, 5) is 2.44. The maximum absolute atomic E-state index is 5.19. The molecule has 3 heteroatoms. The first-order valence-corrected chi connectivity index (χ1v) is 4.29. The van der Waals surface area contributed by atoms with Gasteiger partial charge in [0.15, 0.2) is 0 Å². The minimum Gasteiger partial charge on any atom is -0.380 e. The molecule has 68 valence electrons. The average Bonchev–Trinajstić information content (AvgIpc) is 2.06. The Labute approximate surface area is 70.2 Å². The normalized spacial score (nSPS) is 23.5. The molecule has 0 spiro atoms. The first-order valence-electron chi connectivity index (χ1n) is 4.29. The number of nitrogens with zero attached hydrogens (tertiary/aromatic N) is 1. The van der Waals surface area contributed by atoms with Crippen LogP contribution in [0.4, 0.5) is 0 Å². The van der Waals surface area contributed by atoms with Crippen LogP contribution in [0.5, 0.6) is 0 Å². The molecule has 1 fully saturated rings. The molecule has 0 saturated carbocycles. The van der Waals surface area contributed by atoms with Gasteiger partial charge in [-0.3, -0.25) is 4.90 Å². The zero-order valence-corrected chi connectivity index (χ0v) is 7.47. The van der Waals surface area contributed by atoms with Crippen molar-refractivity contribution in [2.75, 3.05) is 39.8 Å². The molecule has 0 aromatic heterocycles. The second-order valence-electron chi connectivity index (χ2n) is 3.10. The van der Waals surface area contributed by atoms with Crippen LogP contribution in [-0.4, -0.2) is 50.8 Å². The van der Waals surface area contributed by atoms with Crippen LogP contribution in [0.1, 0.15) is 8.35 Å². The van der Waals surface area contributed by atoms with Crippen molar-refractivity contribution in [1.29, 1.82) is 0 Å². The minimum absolute atomic E-state index is 0. The van der Waals surface area contributed by atoms with Crippen LogP contribution in [-0.2, 0) is 4.74 Å². The van der Waals surface area contributed by atoms with E-state index in [1.54, 1.807) is 7.11 Å². The topological polar surface area (TPSA) is 24.5 Å². The molecule has 1 rings (SSSR count). The molecule has 1 aliphatic rings. The molecule has 0 aromatic rings. The van der Waals surface area contributed by atoms with Crippen LogP contribution in [0.15, 0.2) is 0 Å². The van der Waals surface area contributed by atoms with Gasteiger partial charge in [-0.05, 0) is 6.92 Å². The molecule has 1 aliphatic heterocycles. The average molecular weight is 160 g/mol. The fourth-order valence-corrected chi connectivity index (χ4v) is 1.33. The highest BCUT2D eigenvalue weighted by atomic mass is 16.5. The highest BCUT2D eigenvalue weighted by molar-refractivity contribution is 4.69. The van der Waals surface area contributed by atoms with Gasteiger partial charge in [-0.25, -0.2) is 0 Å². The monoisotopic (exact) mass is 160 g/mol. The molecule has 1 saturated heterocycles. The summed E-state index contributed by atoms with van der Waals surface area (Å²) in [5, 5.41) is 3.32. The summed E-state index contributed by atoms with van der Waals surface area (Å²) >= 11 is 0. The van der Waals surface area contributed by atoms with Crippen molar-refractivity contribution in [1.82, 2.24) is 10.2 Å². The Morgan fingerprint density at radius 3 is 2.73 bits per heavy atom. The molecule has 1 heterocycles. The molecule has 0 aliphatic carbocycles. The van der Waals surface area contributed by atoms with Crippen LogP contribution in [0.3, 0.4) is 0 Å². The van der Waals surface area contributed by atoms with E-state index in [1.165, 1.54) is 0 Å². The quantitative estimate of drug-likeness (QED) is 0.637. The largest absolute Gasteiger partial charge is 0.380 e. The summed E-state index contributed by atoms with van der Waals surface area (Å²) in [5.41, 5.74) is 0. The highest BCUT2D eigenvalue weighted by Gasteiger charge is 2.11. The molecule has 1 unspecified atom stereocenters. The van der Waals surface area contributed by atoms with Gasteiger partial charge in [-0.15, -0.1) is 0 Å². The van der Waals surface area contributed by atoms with Crippen LogP contribution in [0.25, 0.3) is 0 Å². The zero-order chi connectivity index (χ0) is 8.10. The van der Waals surface area contributed by atoms with Crippen molar-refractivity contribution in [2.45, 2.75) is 13.0 Å². The van der Waals surface area contributed by atoms with Crippen molar-refractivity contribution in [3.05, 3.63) is 0 Å². The van der Waals surface area contributed by atoms with Crippen LogP contribution >= 0.6 is 0 Å². The molecule has 1 atom stereocenters. The number of methoxy groups -OCH3 is 1. The minimum atomic E-state index is 0. The summed E-state index contributed by atoms with van der Waals surface area (Å²) in [5.74, 6) is 0. The van der Waals surface area contributed by atoms with E-state index in [0.29, 0.717) is 6.10 Å². The van der Waals surface area contributed by atoms with E-state index in [2.05, 4.69) is 17.1 Å². The molecule has 11 heavy (non-hydrogen) atoms. The Morgan fingerprint density at radius 1 is 1.55 bits per heavy atom. The number of hydrogen-bond acceptors (Lipinski definition) is 3. The first-order chi connectivity index (χ1) is 5.33. The van der Waals surface area contributed by atoms with Crippen molar-refractivity contribution in [2.24, 2.45) is 0 Å². The second-order valence-corrected chi connectivity index (χ2v) is 3.10. The SMILES string of the molecule is COC(C)CN1CCNCC1.[HH]. The Bertz CT molecular complexity index is 107. The molecule has 0 bridgehead atoms. The van der Waals surface area contributed by atoms with Crippen molar-refractivity contribution < 1.29 is 6.16 Å². The molecule has 0 radical (unpaired) electrons. The van der Waals surface area contributed by atoms with Crippen molar-refractivity contribution in [3.63, 3.8) is 0 Å². The lowest BCUT2D eigenvalue weighted by Gasteiger charge is -2.28. The van der Waals surface area contributed by atoms with Gasteiger partial charge < -0.3 is 10.1 Å². The second kappa shape index (κ2) is 4.70.